The first-order chi connectivity index (χ1) is 7.33. The van der Waals surface area contributed by atoms with E-state index < -0.39 is 9.04 Å². The van der Waals surface area contributed by atoms with Crippen LogP contribution in [0.15, 0.2) is 0 Å². The van der Waals surface area contributed by atoms with Crippen LogP contribution in [0.4, 0.5) is 0 Å². The number of hydrogen-bond acceptors (Lipinski definition) is 4. The minimum atomic E-state index is -0.977. The van der Waals surface area contributed by atoms with Crippen LogP contribution in [0.5, 0.6) is 0 Å². The molecular weight excluding hydrogens is 212 g/mol. The van der Waals surface area contributed by atoms with E-state index >= 15 is 0 Å². The summed E-state index contributed by atoms with van der Waals surface area (Å²) >= 11 is 0. The third-order valence-electron chi connectivity index (χ3n) is 2.30. The molecule has 0 aromatic heterocycles. The second-order valence-electron chi connectivity index (χ2n) is 3.85. The Kier molecular flexibility index (Phi) is 7.21. The molecule has 1 aliphatic heterocycles. The molecule has 4 nitrogen and oxygen atoms in total. The Bertz CT molecular complexity index is 152. The molecule has 0 bridgehead atoms. The number of methoxy groups -OCH3 is 1. The smallest absolute Gasteiger partial charge is 0.174 e. The molecule has 1 fully saturated rings. The zero-order chi connectivity index (χ0) is 10.9. The maximum atomic E-state index is 5.66. The van der Waals surface area contributed by atoms with Crippen molar-refractivity contribution in [1.29, 1.82) is 0 Å². The van der Waals surface area contributed by atoms with Crippen LogP contribution in [0, 0.1) is 0 Å². The van der Waals surface area contributed by atoms with E-state index in [2.05, 4.69) is 6.55 Å². The maximum Gasteiger partial charge on any atom is 0.174 e. The predicted octanol–water partition coefficient (Wildman–Crippen LogP) is 0.808. The Morgan fingerprint density at radius 3 is 2.80 bits per heavy atom. The van der Waals surface area contributed by atoms with Gasteiger partial charge in [0.25, 0.3) is 0 Å². The van der Waals surface area contributed by atoms with Gasteiger partial charge in [-0.1, -0.05) is 0 Å². The van der Waals surface area contributed by atoms with Gasteiger partial charge in [0.05, 0.1) is 26.4 Å². The molecule has 15 heavy (non-hydrogen) atoms. The standard InChI is InChI=1S/C10H22O4Si/c1-11-5-6-14-15(2)7-3-4-12-8-10-9-13-10/h10,15H,3-9H2,1-2H3. The minimum Gasteiger partial charge on any atom is -0.418 e. The summed E-state index contributed by atoms with van der Waals surface area (Å²) in [7, 11) is 0.721. The zero-order valence-corrected chi connectivity index (χ0v) is 10.9. The molecular formula is C10H22O4Si. The summed E-state index contributed by atoms with van der Waals surface area (Å²) in [5.74, 6) is 0. The van der Waals surface area contributed by atoms with Gasteiger partial charge in [-0.3, -0.25) is 0 Å². The van der Waals surface area contributed by atoms with Crippen molar-refractivity contribution in [3.63, 3.8) is 0 Å². The average molecular weight is 234 g/mol. The summed E-state index contributed by atoms with van der Waals surface area (Å²) in [5.41, 5.74) is 0. The molecule has 0 saturated carbocycles. The molecule has 0 spiro atoms. The van der Waals surface area contributed by atoms with E-state index in [4.69, 9.17) is 18.6 Å². The van der Waals surface area contributed by atoms with Crippen LogP contribution in [-0.4, -0.2) is 55.3 Å². The number of rotatable bonds is 10. The SMILES string of the molecule is COCCO[SiH](C)CCCOCC1CO1. The van der Waals surface area contributed by atoms with Crippen LogP contribution in [-0.2, 0) is 18.6 Å². The molecule has 0 aliphatic carbocycles. The number of epoxide rings is 1. The topological polar surface area (TPSA) is 40.2 Å². The van der Waals surface area contributed by atoms with Gasteiger partial charge in [0.2, 0.25) is 0 Å². The van der Waals surface area contributed by atoms with Crippen molar-refractivity contribution in [1.82, 2.24) is 0 Å². The Balaban J connectivity index is 1.76. The van der Waals surface area contributed by atoms with Gasteiger partial charge >= 0.3 is 0 Å². The first-order valence-corrected chi connectivity index (χ1v) is 8.07. The summed E-state index contributed by atoms with van der Waals surface area (Å²) < 4.78 is 21.1. The third-order valence-corrected chi connectivity index (χ3v) is 4.32. The molecule has 0 radical (unpaired) electrons. The van der Waals surface area contributed by atoms with Crippen molar-refractivity contribution in [3.8, 4) is 0 Å². The van der Waals surface area contributed by atoms with Gasteiger partial charge in [0.15, 0.2) is 9.04 Å². The quantitative estimate of drug-likeness (QED) is 0.319. The molecule has 0 amide bonds. The lowest BCUT2D eigenvalue weighted by Crippen LogP contribution is -2.17. The van der Waals surface area contributed by atoms with Gasteiger partial charge in [-0.05, 0) is 19.0 Å². The second-order valence-corrected chi connectivity index (χ2v) is 6.38. The molecule has 2 atom stereocenters. The maximum absolute atomic E-state index is 5.66. The lowest BCUT2D eigenvalue weighted by molar-refractivity contribution is 0.115. The number of hydrogen-bond donors (Lipinski definition) is 0. The highest BCUT2D eigenvalue weighted by Crippen LogP contribution is 2.09. The molecule has 1 heterocycles. The van der Waals surface area contributed by atoms with Gasteiger partial charge in [0, 0.05) is 13.7 Å². The minimum absolute atomic E-state index is 0.387. The summed E-state index contributed by atoms with van der Waals surface area (Å²) in [5, 5.41) is 0. The van der Waals surface area contributed by atoms with Gasteiger partial charge in [0.1, 0.15) is 6.10 Å². The fourth-order valence-electron chi connectivity index (χ4n) is 1.27. The van der Waals surface area contributed by atoms with Crippen LogP contribution in [0.25, 0.3) is 0 Å². The van der Waals surface area contributed by atoms with Crippen molar-refractivity contribution in [3.05, 3.63) is 0 Å². The highest BCUT2D eigenvalue weighted by atomic mass is 28.3. The van der Waals surface area contributed by atoms with Crippen LogP contribution in [0.2, 0.25) is 12.6 Å². The fourth-order valence-corrected chi connectivity index (χ4v) is 2.67. The molecule has 1 saturated heterocycles. The average Bonchev–Trinajstić information content (AvgIpc) is 3.02. The summed E-state index contributed by atoms with van der Waals surface area (Å²) in [6.07, 6.45) is 1.49. The van der Waals surface area contributed by atoms with Gasteiger partial charge in [-0.25, -0.2) is 0 Å². The summed E-state index contributed by atoms with van der Waals surface area (Å²) in [4.78, 5) is 0. The molecule has 1 aliphatic rings. The van der Waals surface area contributed by atoms with E-state index in [0.29, 0.717) is 12.7 Å². The van der Waals surface area contributed by atoms with Crippen molar-refractivity contribution in [2.24, 2.45) is 0 Å². The first kappa shape index (κ1) is 13.1. The van der Waals surface area contributed by atoms with E-state index in [1.807, 2.05) is 0 Å². The van der Waals surface area contributed by atoms with Crippen molar-refractivity contribution >= 4 is 9.04 Å². The van der Waals surface area contributed by atoms with Gasteiger partial charge in [-0.15, -0.1) is 0 Å². The van der Waals surface area contributed by atoms with Crippen molar-refractivity contribution < 1.29 is 18.6 Å². The van der Waals surface area contributed by atoms with E-state index in [-0.39, 0.29) is 0 Å². The van der Waals surface area contributed by atoms with E-state index in [0.717, 1.165) is 32.8 Å². The van der Waals surface area contributed by atoms with Crippen LogP contribution in [0.3, 0.4) is 0 Å². The summed E-state index contributed by atoms with van der Waals surface area (Å²) in [6, 6.07) is 1.18. The van der Waals surface area contributed by atoms with Gasteiger partial charge in [-0.2, -0.15) is 0 Å². The predicted molar refractivity (Wildman–Crippen MR) is 60.8 cm³/mol. The summed E-state index contributed by atoms with van der Waals surface area (Å²) in [6.45, 7) is 6.14. The monoisotopic (exact) mass is 234 g/mol. The van der Waals surface area contributed by atoms with Crippen LogP contribution < -0.4 is 0 Å². The Hall–Kier alpha value is 0.0569. The number of ether oxygens (including phenoxy) is 3. The first-order valence-electron chi connectivity index (χ1n) is 5.63. The van der Waals surface area contributed by atoms with E-state index in [1.54, 1.807) is 7.11 Å². The second kappa shape index (κ2) is 8.24. The fraction of sp³-hybridized carbons (Fsp3) is 1.00. The van der Waals surface area contributed by atoms with E-state index in [9.17, 15) is 0 Å². The molecule has 0 aromatic rings. The molecule has 2 unspecified atom stereocenters. The lowest BCUT2D eigenvalue weighted by Gasteiger charge is -2.10. The molecule has 90 valence electrons. The van der Waals surface area contributed by atoms with Crippen LogP contribution >= 0.6 is 0 Å². The molecule has 1 rings (SSSR count). The van der Waals surface area contributed by atoms with E-state index in [1.165, 1.54) is 6.04 Å². The Morgan fingerprint density at radius 1 is 1.33 bits per heavy atom. The zero-order valence-electron chi connectivity index (χ0n) is 9.74. The molecule has 0 N–H and O–H groups in total. The van der Waals surface area contributed by atoms with Crippen molar-refractivity contribution in [2.45, 2.75) is 25.1 Å². The van der Waals surface area contributed by atoms with Gasteiger partial charge < -0.3 is 18.6 Å². The molecule has 5 heteroatoms. The van der Waals surface area contributed by atoms with Crippen LogP contribution in [0.1, 0.15) is 6.42 Å². The Labute approximate surface area is 93.6 Å². The molecule has 0 aromatic carbocycles. The lowest BCUT2D eigenvalue weighted by atomic mass is 10.5. The highest BCUT2D eigenvalue weighted by molar-refractivity contribution is 6.50. The van der Waals surface area contributed by atoms with Crippen molar-refractivity contribution in [2.75, 3.05) is 40.1 Å². The third kappa shape index (κ3) is 7.93. The Morgan fingerprint density at radius 2 is 2.13 bits per heavy atom. The normalized spacial score (nSPS) is 21.6. The highest BCUT2D eigenvalue weighted by Gasteiger charge is 2.21. The largest absolute Gasteiger partial charge is 0.418 e.